The topological polar surface area (TPSA) is 41.3 Å². The van der Waals surface area contributed by atoms with Gasteiger partial charge in [0, 0.05) is 19.5 Å². The monoisotopic (exact) mass is 181 g/mol. The average molecular weight is 181 g/mol. The maximum atomic E-state index is 5.22. The van der Waals surface area contributed by atoms with E-state index >= 15 is 0 Å². The summed E-state index contributed by atoms with van der Waals surface area (Å²) in [7, 11) is 3.95. The summed E-state index contributed by atoms with van der Waals surface area (Å²) in [6, 6.07) is 0.615. The molecule has 0 radical (unpaired) electrons. The van der Waals surface area contributed by atoms with Crippen LogP contribution in [0.15, 0.2) is 10.7 Å². The average Bonchev–Trinajstić information content (AvgIpc) is 2.71. The van der Waals surface area contributed by atoms with Gasteiger partial charge in [-0.2, -0.15) is 4.98 Å². The normalized spacial score (nSPS) is 23.7. The number of likely N-dealkylation sites (N-methyl/N-ethyl adjacent to an activating group) is 1. The molecule has 2 heterocycles. The van der Waals surface area contributed by atoms with Gasteiger partial charge in [0.25, 0.3) is 6.01 Å². The van der Waals surface area contributed by atoms with Crippen LogP contribution in [0.2, 0.25) is 0 Å². The fourth-order valence-electron chi connectivity index (χ4n) is 1.76. The van der Waals surface area contributed by atoms with Crippen LogP contribution in [0.5, 0.6) is 0 Å². The molecule has 0 aliphatic carbocycles. The first-order valence-corrected chi connectivity index (χ1v) is 4.61. The number of oxazole rings is 1. The molecular weight excluding hydrogens is 166 g/mol. The van der Waals surface area contributed by atoms with Crippen molar-refractivity contribution < 1.29 is 4.42 Å². The van der Waals surface area contributed by atoms with E-state index in [2.05, 4.69) is 22.2 Å². The highest BCUT2D eigenvalue weighted by atomic mass is 16.4. The van der Waals surface area contributed by atoms with E-state index in [4.69, 9.17) is 4.42 Å². The Hall–Kier alpha value is -1.03. The fraction of sp³-hybridized carbons (Fsp3) is 0.667. The van der Waals surface area contributed by atoms with Crippen molar-refractivity contribution in [3.63, 3.8) is 0 Å². The molecule has 0 bridgehead atoms. The second kappa shape index (κ2) is 3.38. The first kappa shape index (κ1) is 8.56. The van der Waals surface area contributed by atoms with Gasteiger partial charge in [0.1, 0.15) is 6.26 Å². The van der Waals surface area contributed by atoms with Gasteiger partial charge in [-0.25, -0.2) is 0 Å². The number of aromatic nitrogens is 1. The van der Waals surface area contributed by atoms with Crippen molar-refractivity contribution in [2.24, 2.45) is 0 Å². The zero-order valence-electron chi connectivity index (χ0n) is 8.08. The Labute approximate surface area is 77.9 Å². The Morgan fingerprint density at radius 1 is 1.69 bits per heavy atom. The molecule has 1 unspecified atom stereocenters. The molecule has 1 aromatic heterocycles. The van der Waals surface area contributed by atoms with E-state index in [1.807, 2.05) is 7.05 Å². The molecular formula is C9H15N3O. The molecule has 1 saturated heterocycles. The van der Waals surface area contributed by atoms with Gasteiger partial charge >= 0.3 is 0 Å². The van der Waals surface area contributed by atoms with Gasteiger partial charge in [-0.1, -0.05) is 0 Å². The minimum atomic E-state index is 0.552. The maximum Gasteiger partial charge on any atom is 0.294 e. The van der Waals surface area contributed by atoms with Crippen molar-refractivity contribution in [3.05, 3.63) is 12.0 Å². The van der Waals surface area contributed by atoms with Crippen LogP contribution in [0.25, 0.3) is 0 Å². The summed E-state index contributed by atoms with van der Waals surface area (Å²) in [5, 5.41) is 2.89. The summed E-state index contributed by atoms with van der Waals surface area (Å²) in [4.78, 5) is 6.66. The predicted molar refractivity (Wildman–Crippen MR) is 50.9 cm³/mol. The summed E-state index contributed by atoms with van der Waals surface area (Å²) >= 11 is 0. The number of anilines is 1. The van der Waals surface area contributed by atoms with Gasteiger partial charge in [0.05, 0.1) is 5.69 Å². The molecule has 4 heteroatoms. The lowest BCUT2D eigenvalue weighted by Gasteiger charge is -2.06. The van der Waals surface area contributed by atoms with E-state index in [-0.39, 0.29) is 0 Å². The summed E-state index contributed by atoms with van der Waals surface area (Å²) in [6.07, 6.45) is 2.95. The molecule has 0 amide bonds. The molecule has 13 heavy (non-hydrogen) atoms. The molecule has 2 rings (SSSR count). The summed E-state index contributed by atoms with van der Waals surface area (Å²) in [5.74, 6) is 0.552. The van der Waals surface area contributed by atoms with E-state index < -0.39 is 0 Å². The van der Waals surface area contributed by atoms with Crippen molar-refractivity contribution in [2.45, 2.75) is 12.3 Å². The Morgan fingerprint density at radius 3 is 3.08 bits per heavy atom. The lowest BCUT2D eigenvalue weighted by Crippen LogP contribution is -2.13. The quantitative estimate of drug-likeness (QED) is 0.742. The molecule has 1 aliphatic rings. The molecule has 1 atom stereocenters. The molecule has 0 saturated carbocycles. The van der Waals surface area contributed by atoms with Crippen molar-refractivity contribution in [1.29, 1.82) is 0 Å². The molecule has 4 nitrogen and oxygen atoms in total. The Kier molecular flexibility index (Phi) is 2.22. The number of rotatable bonds is 2. The third-order valence-electron chi connectivity index (χ3n) is 2.55. The molecule has 1 aliphatic heterocycles. The largest absolute Gasteiger partial charge is 0.432 e. The smallest absolute Gasteiger partial charge is 0.294 e. The molecule has 1 N–H and O–H groups in total. The van der Waals surface area contributed by atoms with E-state index in [9.17, 15) is 0 Å². The van der Waals surface area contributed by atoms with E-state index in [0.29, 0.717) is 11.9 Å². The van der Waals surface area contributed by atoms with Gasteiger partial charge < -0.3 is 14.6 Å². The summed E-state index contributed by atoms with van der Waals surface area (Å²) in [5.41, 5.74) is 1.08. The standard InChI is InChI=1S/C9H15N3O/c1-10-9-11-8(6-13-9)7-3-4-12(2)5-7/h6-7H,3-5H2,1-2H3,(H,10,11). The Bertz CT molecular complexity index is 284. The van der Waals surface area contributed by atoms with Crippen molar-refractivity contribution in [2.75, 3.05) is 32.5 Å². The van der Waals surface area contributed by atoms with Crippen LogP contribution in [0.3, 0.4) is 0 Å². The lowest BCUT2D eigenvalue weighted by atomic mass is 10.1. The summed E-state index contributed by atoms with van der Waals surface area (Å²) < 4.78 is 5.22. The third-order valence-corrected chi connectivity index (χ3v) is 2.55. The van der Waals surface area contributed by atoms with Crippen LogP contribution in [-0.2, 0) is 0 Å². The Balaban J connectivity index is 2.08. The fourth-order valence-corrected chi connectivity index (χ4v) is 1.76. The van der Waals surface area contributed by atoms with Gasteiger partial charge in [-0.05, 0) is 20.0 Å². The highest BCUT2D eigenvalue weighted by molar-refractivity contribution is 5.22. The maximum absolute atomic E-state index is 5.22. The predicted octanol–water partition coefficient (Wildman–Crippen LogP) is 1.14. The minimum Gasteiger partial charge on any atom is -0.432 e. The van der Waals surface area contributed by atoms with E-state index in [0.717, 1.165) is 18.8 Å². The number of hydrogen-bond acceptors (Lipinski definition) is 4. The molecule has 1 fully saturated rings. The van der Waals surface area contributed by atoms with Crippen molar-refractivity contribution in [3.8, 4) is 0 Å². The number of nitrogens with zero attached hydrogens (tertiary/aromatic N) is 2. The molecule has 0 spiro atoms. The van der Waals surface area contributed by atoms with Crippen LogP contribution in [0, 0.1) is 0 Å². The van der Waals surface area contributed by atoms with E-state index in [1.165, 1.54) is 6.42 Å². The van der Waals surface area contributed by atoms with Gasteiger partial charge in [0.2, 0.25) is 0 Å². The highest BCUT2D eigenvalue weighted by Crippen LogP contribution is 2.26. The zero-order valence-corrected chi connectivity index (χ0v) is 8.08. The second-order valence-corrected chi connectivity index (χ2v) is 3.58. The Morgan fingerprint density at radius 2 is 2.54 bits per heavy atom. The third kappa shape index (κ3) is 1.67. The van der Waals surface area contributed by atoms with Crippen LogP contribution in [-0.4, -0.2) is 37.1 Å². The van der Waals surface area contributed by atoms with E-state index in [1.54, 1.807) is 6.26 Å². The summed E-state index contributed by atoms with van der Waals surface area (Å²) in [6.45, 7) is 2.25. The first-order chi connectivity index (χ1) is 6.29. The van der Waals surface area contributed by atoms with Crippen LogP contribution < -0.4 is 5.32 Å². The molecule has 72 valence electrons. The SMILES string of the molecule is CNc1nc(C2CCN(C)C2)co1. The number of nitrogens with one attached hydrogen (secondary N) is 1. The van der Waals surface area contributed by atoms with Gasteiger partial charge in [-0.15, -0.1) is 0 Å². The van der Waals surface area contributed by atoms with Crippen LogP contribution in [0.4, 0.5) is 6.01 Å². The van der Waals surface area contributed by atoms with Crippen molar-refractivity contribution >= 4 is 6.01 Å². The molecule has 1 aromatic rings. The lowest BCUT2D eigenvalue weighted by molar-refractivity contribution is 0.410. The second-order valence-electron chi connectivity index (χ2n) is 3.58. The zero-order chi connectivity index (χ0) is 9.26. The van der Waals surface area contributed by atoms with Crippen LogP contribution in [0.1, 0.15) is 18.0 Å². The van der Waals surface area contributed by atoms with Crippen LogP contribution >= 0.6 is 0 Å². The first-order valence-electron chi connectivity index (χ1n) is 4.61. The highest BCUT2D eigenvalue weighted by Gasteiger charge is 2.23. The minimum absolute atomic E-state index is 0.552. The number of likely N-dealkylation sites (tertiary alicyclic amines) is 1. The van der Waals surface area contributed by atoms with Gasteiger partial charge in [-0.3, -0.25) is 0 Å². The number of hydrogen-bond donors (Lipinski definition) is 1. The molecule has 0 aromatic carbocycles. The van der Waals surface area contributed by atoms with Crippen molar-refractivity contribution in [1.82, 2.24) is 9.88 Å². The van der Waals surface area contributed by atoms with Gasteiger partial charge in [0.15, 0.2) is 0 Å².